The molecule has 0 fully saturated rings. The molecule has 1 heterocycles. The number of aliphatic hydroxyl groups excluding tert-OH is 1. The molecule has 0 bridgehead atoms. The summed E-state index contributed by atoms with van der Waals surface area (Å²) >= 11 is 0. The Morgan fingerprint density at radius 3 is 3.00 bits per heavy atom. The lowest BCUT2D eigenvalue weighted by Gasteiger charge is -2.21. The van der Waals surface area contributed by atoms with Crippen LogP contribution in [0.1, 0.15) is 50.1 Å². The second kappa shape index (κ2) is 3.18. The number of hydrogen-bond donors (Lipinski definition) is 1. The van der Waals surface area contributed by atoms with Crippen LogP contribution in [0.5, 0.6) is 0 Å². The van der Waals surface area contributed by atoms with Crippen molar-refractivity contribution < 1.29 is 5.11 Å². The first-order valence-electron chi connectivity index (χ1n) is 5.08. The molecule has 0 saturated heterocycles. The molecule has 72 valence electrons. The van der Waals surface area contributed by atoms with E-state index < -0.39 is 0 Å². The topological polar surface area (TPSA) is 25.2 Å². The molecule has 0 aliphatic heterocycles. The van der Waals surface area contributed by atoms with Crippen molar-refractivity contribution in [3.8, 4) is 0 Å². The van der Waals surface area contributed by atoms with Crippen molar-refractivity contribution in [1.82, 2.24) is 4.57 Å². The summed E-state index contributed by atoms with van der Waals surface area (Å²) in [5.41, 5.74) is 2.49. The third-order valence-electron chi connectivity index (χ3n) is 2.87. The number of nitrogens with zero attached hydrogens (tertiary/aromatic N) is 1. The number of aliphatic hydroxyl groups is 1. The van der Waals surface area contributed by atoms with Gasteiger partial charge >= 0.3 is 0 Å². The molecule has 1 aliphatic rings. The quantitative estimate of drug-likeness (QED) is 0.703. The molecule has 0 aromatic carbocycles. The third-order valence-corrected chi connectivity index (χ3v) is 2.87. The molecule has 2 nitrogen and oxygen atoms in total. The second-order valence-electron chi connectivity index (χ2n) is 4.13. The van der Waals surface area contributed by atoms with Crippen molar-refractivity contribution in [2.45, 2.75) is 45.3 Å². The maximum absolute atomic E-state index is 9.74. The van der Waals surface area contributed by atoms with Gasteiger partial charge in [0.15, 0.2) is 0 Å². The van der Waals surface area contributed by atoms with E-state index in [0.29, 0.717) is 6.04 Å². The smallest absolute Gasteiger partial charge is 0.0807 e. The molecule has 2 rings (SSSR count). The van der Waals surface area contributed by atoms with E-state index in [4.69, 9.17) is 0 Å². The highest BCUT2D eigenvalue weighted by Crippen LogP contribution is 2.31. The zero-order valence-corrected chi connectivity index (χ0v) is 8.33. The Labute approximate surface area is 79.2 Å². The van der Waals surface area contributed by atoms with Gasteiger partial charge in [-0.15, -0.1) is 0 Å². The van der Waals surface area contributed by atoms with Crippen molar-refractivity contribution >= 4 is 0 Å². The Balaban J connectivity index is 2.41. The maximum Gasteiger partial charge on any atom is 0.0807 e. The molecular weight excluding hydrogens is 162 g/mol. The summed E-state index contributed by atoms with van der Waals surface area (Å²) in [5.74, 6) is 0. The minimum atomic E-state index is -0.219. The van der Waals surface area contributed by atoms with Crippen LogP contribution in [0.3, 0.4) is 0 Å². The largest absolute Gasteiger partial charge is 0.388 e. The highest BCUT2D eigenvalue weighted by Gasteiger charge is 2.21. The Bertz CT molecular complexity index is 288. The van der Waals surface area contributed by atoms with Gasteiger partial charge in [-0.25, -0.2) is 0 Å². The van der Waals surface area contributed by atoms with Gasteiger partial charge in [0.25, 0.3) is 0 Å². The van der Waals surface area contributed by atoms with Gasteiger partial charge in [0.2, 0.25) is 0 Å². The fourth-order valence-electron chi connectivity index (χ4n) is 2.17. The van der Waals surface area contributed by atoms with E-state index in [9.17, 15) is 5.11 Å². The van der Waals surface area contributed by atoms with Crippen molar-refractivity contribution in [1.29, 1.82) is 0 Å². The lowest BCUT2D eigenvalue weighted by atomic mass is 9.95. The minimum Gasteiger partial charge on any atom is -0.388 e. The second-order valence-corrected chi connectivity index (χ2v) is 4.13. The van der Waals surface area contributed by atoms with E-state index in [0.717, 1.165) is 24.8 Å². The zero-order valence-electron chi connectivity index (χ0n) is 8.33. The first-order valence-corrected chi connectivity index (χ1v) is 5.08. The predicted molar refractivity (Wildman–Crippen MR) is 52.7 cm³/mol. The van der Waals surface area contributed by atoms with E-state index in [1.54, 1.807) is 0 Å². The Hall–Kier alpha value is -0.760. The molecule has 1 atom stereocenters. The van der Waals surface area contributed by atoms with Gasteiger partial charge in [-0.05, 0) is 39.2 Å². The molecule has 0 saturated carbocycles. The van der Waals surface area contributed by atoms with E-state index in [1.165, 1.54) is 5.69 Å². The van der Waals surface area contributed by atoms with E-state index in [-0.39, 0.29) is 6.10 Å². The van der Waals surface area contributed by atoms with Crippen molar-refractivity contribution in [2.24, 2.45) is 0 Å². The SMILES string of the molecule is CC(C)n1ccc2c1CCCC2O. The van der Waals surface area contributed by atoms with Gasteiger partial charge in [-0.3, -0.25) is 0 Å². The van der Waals surface area contributed by atoms with Crippen LogP contribution in [0.15, 0.2) is 12.3 Å². The minimum absolute atomic E-state index is 0.219. The van der Waals surface area contributed by atoms with Crippen LogP contribution >= 0.6 is 0 Å². The number of hydrogen-bond acceptors (Lipinski definition) is 1. The van der Waals surface area contributed by atoms with Gasteiger partial charge in [-0.2, -0.15) is 0 Å². The molecule has 1 aliphatic carbocycles. The first kappa shape index (κ1) is 8.82. The molecule has 1 aromatic heterocycles. The van der Waals surface area contributed by atoms with Crippen LogP contribution in [-0.2, 0) is 6.42 Å². The summed E-state index contributed by atoms with van der Waals surface area (Å²) in [6.45, 7) is 4.36. The Kier molecular flexibility index (Phi) is 2.16. The zero-order chi connectivity index (χ0) is 9.42. The molecule has 0 spiro atoms. The fourth-order valence-corrected chi connectivity index (χ4v) is 2.17. The highest BCUT2D eigenvalue weighted by molar-refractivity contribution is 5.27. The molecule has 1 aromatic rings. The van der Waals surface area contributed by atoms with Gasteiger partial charge in [-0.1, -0.05) is 0 Å². The predicted octanol–water partition coefficient (Wildman–Crippen LogP) is 2.44. The maximum atomic E-state index is 9.74. The molecule has 1 unspecified atom stereocenters. The fraction of sp³-hybridized carbons (Fsp3) is 0.636. The summed E-state index contributed by atoms with van der Waals surface area (Å²) in [4.78, 5) is 0. The average molecular weight is 179 g/mol. The molecule has 1 N–H and O–H groups in total. The van der Waals surface area contributed by atoms with Crippen molar-refractivity contribution in [3.63, 3.8) is 0 Å². The summed E-state index contributed by atoms with van der Waals surface area (Å²) < 4.78 is 2.28. The first-order chi connectivity index (χ1) is 6.20. The highest BCUT2D eigenvalue weighted by atomic mass is 16.3. The van der Waals surface area contributed by atoms with Gasteiger partial charge in [0.05, 0.1) is 6.10 Å². The summed E-state index contributed by atoms with van der Waals surface area (Å²) in [7, 11) is 0. The number of fused-ring (bicyclic) bond motifs is 1. The average Bonchev–Trinajstić information content (AvgIpc) is 2.48. The van der Waals surface area contributed by atoms with Crippen LogP contribution in [0, 0.1) is 0 Å². The van der Waals surface area contributed by atoms with Gasteiger partial charge in [0, 0.05) is 23.5 Å². The molecule has 13 heavy (non-hydrogen) atoms. The standard InChI is InChI=1S/C11H17NO/c1-8(2)12-7-6-9-10(12)4-3-5-11(9)13/h6-8,11,13H,3-5H2,1-2H3. The normalized spacial score (nSPS) is 22.0. The van der Waals surface area contributed by atoms with Crippen LogP contribution in [-0.4, -0.2) is 9.67 Å². The monoisotopic (exact) mass is 179 g/mol. The summed E-state index contributed by atoms with van der Waals surface area (Å²) in [6, 6.07) is 2.58. The molecule has 2 heteroatoms. The third kappa shape index (κ3) is 1.39. The van der Waals surface area contributed by atoms with Crippen LogP contribution in [0.4, 0.5) is 0 Å². The van der Waals surface area contributed by atoms with E-state index in [2.05, 4.69) is 30.7 Å². The lowest BCUT2D eigenvalue weighted by Crippen LogP contribution is -2.12. The number of rotatable bonds is 1. The Morgan fingerprint density at radius 2 is 2.31 bits per heavy atom. The summed E-state index contributed by atoms with van der Waals surface area (Å²) in [6.07, 6.45) is 5.05. The van der Waals surface area contributed by atoms with Crippen molar-refractivity contribution in [3.05, 3.63) is 23.5 Å². The molecule has 0 amide bonds. The Morgan fingerprint density at radius 1 is 1.54 bits per heavy atom. The lowest BCUT2D eigenvalue weighted by molar-refractivity contribution is 0.155. The molecule has 0 radical (unpaired) electrons. The summed E-state index contributed by atoms with van der Waals surface area (Å²) in [5, 5.41) is 9.74. The van der Waals surface area contributed by atoms with Crippen molar-refractivity contribution in [2.75, 3.05) is 0 Å². The number of aromatic nitrogens is 1. The van der Waals surface area contributed by atoms with E-state index >= 15 is 0 Å². The van der Waals surface area contributed by atoms with Crippen LogP contribution < -0.4 is 0 Å². The van der Waals surface area contributed by atoms with Crippen LogP contribution in [0.2, 0.25) is 0 Å². The van der Waals surface area contributed by atoms with Gasteiger partial charge in [0.1, 0.15) is 0 Å². The van der Waals surface area contributed by atoms with E-state index in [1.807, 2.05) is 0 Å². The molecular formula is C11H17NO. The van der Waals surface area contributed by atoms with Crippen LogP contribution in [0.25, 0.3) is 0 Å². The van der Waals surface area contributed by atoms with Gasteiger partial charge < -0.3 is 9.67 Å².